The number of hydrogen-bond acceptors (Lipinski definition) is 3. The van der Waals surface area contributed by atoms with Gasteiger partial charge in [0.25, 0.3) is 0 Å². The highest BCUT2D eigenvalue weighted by Crippen LogP contribution is 2.22. The molecule has 1 aromatic rings. The van der Waals surface area contributed by atoms with Crippen LogP contribution in [0.25, 0.3) is 0 Å². The predicted molar refractivity (Wildman–Crippen MR) is 65.7 cm³/mol. The standard InChI is InChI=1S/C13H17FN2O2/c1-8(10-4-3-9(17)7-11(10)14)15-12-5-6-16(2)13(12)18/h3-4,7-8,12,15,17H,5-6H2,1-2H3. The van der Waals surface area contributed by atoms with Crippen molar-refractivity contribution in [3.05, 3.63) is 29.6 Å². The van der Waals surface area contributed by atoms with E-state index in [1.165, 1.54) is 12.1 Å². The maximum absolute atomic E-state index is 13.7. The van der Waals surface area contributed by atoms with Gasteiger partial charge in [0.1, 0.15) is 11.6 Å². The molecule has 2 N–H and O–H groups in total. The molecule has 1 aliphatic rings. The highest BCUT2D eigenvalue weighted by Gasteiger charge is 2.30. The first-order valence-electron chi connectivity index (χ1n) is 5.98. The molecule has 98 valence electrons. The largest absolute Gasteiger partial charge is 0.508 e. The van der Waals surface area contributed by atoms with Crippen LogP contribution in [0.2, 0.25) is 0 Å². The summed E-state index contributed by atoms with van der Waals surface area (Å²) in [6.45, 7) is 2.53. The minimum atomic E-state index is -0.464. The fraction of sp³-hybridized carbons (Fsp3) is 0.462. The first kappa shape index (κ1) is 12.8. The molecule has 1 aromatic carbocycles. The van der Waals surface area contributed by atoms with Crippen LogP contribution >= 0.6 is 0 Å². The molecule has 0 spiro atoms. The second-order valence-electron chi connectivity index (χ2n) is 4.70. The molecule has 4 nitrogen and oxygen atoms in total. The van der Waals surface area contributed by atoms with Gasteiger partial charge in [0.05, 0.1) is 6.04 Å². The van der Waals surface area contributed by atoms with Gasteiger partial charge < -0.3 is 10.0 Å². The van der Waals surface area contributed by atoms with E-state index in [0.29, 0.717) is 5.56 Å². The summed E-state index contributed by atoms with van der Waals surface area (Å²) in [4.78, 5) is 13.4. The maximum Gasteiger partial charge on any atom is 0.239 e. The van der Waals surface area contributed by atoms with E-state index < -0.39 is 5.82 Å². The summed E-state index contributed by atoms with van der Waals surface area (Å²) in [7, 11) is 1.76. The van der Waals surface area contributed by atoms with E-state index in [1.54, 1.807) is 18.9 Å². The van der Waals surface area contributed by atoms with Crippen molar-refractivity contribution in [2.45, 2.75) is 25.4 Å². The third-order valence-electron chi connectivity index (χ3n) is 3.33. The number of phenolic OH excluding ortho intramolecular Hbond substituents is 1. The van der Waals surface area contributed by atoms with Gasteiger partial charge in [0.2, 0.25) is 5.91 Å². The van der Waals surface area contributed by atoms with E-state index in [4.69, 9.17) is 5.11 Å². The number of phenols is 1. The highest BCUT2D eigenvalue weighted by atomic mass is 19.1. The van der Waals surface area contributed by atoms with Gasteiger partial charge in [0, 0.05) is 31.3 Å². The van der Waals surface area contributed by atoms with Crippen molar-refractivity contribution in [3.63, 3.8) is 0 Å². The number of nitrogens with one attached hydrogen (secondary N) is 1. The minimum Gasteiger partial charge on any atom is -0.508 e. The zero-order chi connectivity index (χ0) is 13.3. The van der Waals surface area contributed by atoms with Crippen molar-refractivity contribution < 1.29 is 14.3 Å². The van der Waals surface area contributed by atoms with Crippen molar-refractivity contribution in [2.75, 3.05) is 13.6 Å². The Balaban J connectivity index is 2.08. The molecular weight excluding hydrogens is 235 g/mol. The van der Waals surface area contributed by atoms with Crippen LogP contribution in [0.1, 0.15) is 24.9 Å². The van der Waals surface area contributed by atoms with Crippen LogP contribution in [-0.2, 0) is 4.79 Å². The summed E-state index contributed by atoms with van der Waals surface area (Å²) in [6.07, 6.45) is 0.735. The van der Waals surface area contributed by atoms with E-state index in [2.05, 4.69) is 5.32 Å². The normalized spacial score (nSPS) is 21.4. The zero-order valence-corrected chi connectivity index (χ0v) is 10.5. The van der Waals surface area contributed by atoms with Crippen LogP contribution in [0.5, 0.6) is 5.75 Å². The minimum absolute atomic E-state index is 0.0426. The topological polar surface area (TPSA) is 52.6 Å². The molecule has 0 aromatic heterocycles. The first-order chi connectivity index (χ1) is 8.49. The van der Waals surface area contributed by atoms with Gasteiger partial charge in [-0.2, -0.15) is 0 Å². The second kappa shape index (κ2) is 4.94. The molecule has 2 rings (SSSR count). The quantitative estimate of drug-likeness (QED) is 0.855. The molecular formula is C13H17FN2O2. The van der Waals surface area contributed by atoms with Gasteiger partial charge in [0.15, 0.2) is 0 Å². The summed E-state index contributed by atoms with van der Waals surface area (Å²) in [6, 6.07) is 3.53. The summed E-state index contributed by atoms with van der Waals surface area (Å²) in [5, 5.41) is 12.3. The lowest BCUT2D eigenvalue weighted by molar-refractivity contribution is -0.128. The van der Waals surface area contributed by atoms with Crippen LogP contribution in [0.3, 0.4) is 0 Å². The summed E-state index contributed by atoms with van der Waals surface area (Å²) in [5.41, 5.74) is 0.454. The number of likely N-dealkylation sites (tertiary alicyclic amines) is 1. The molecule has 2 atom stereocenters. The smallest absolute Gasteiger partial charge is 0.239 e. The van der Waals surface area contributed by atoms with E-state index in [0.717, 1.165) is 19.0 Å². The van der Waals surface area contributed by atoms with Crippen LogP contribution in [0.15, 0.2) is 18.2 Å². The number of rotatable bonds is 3. The van der Waals surface area contributed by atoms with Crippen LogP contribution in [0.4, 0.5) is 4.39 Å². The zero-order valence-electron chi connectivity index (χ0n) is 10.5. The number of benzene rings is 1. The third kappa shape index (κ3) is 2.46. The number of halogens is 1. The van der Waals surface area contributed by atoms with E-state index in [-0.39, 0.29) is 23.7 Å². The van der Waals surface area contributed by atoms with Crippen molar-refractivity contribution in [3.8, 4) is 5.75 Å². The van der Waals surface area contributed by atoms with E-state index in [9.17, 15) is 9.18 Å². The lowest BCUT2D eigenvalue weighted by Gasteiger charge is -2.19. The SMILES string of the molecule is CC(NC1CCN(C)C1=O)c1ccc(O)cc1F. The Labute approximate surface area is 105 Å². The van der Waals surface area contributed by atoms with Crippen molar-refractivity contribution >= 4 is 5.91 Å². The molecule has 0 aliphatic carbocycles. The number of likely N-dealkylation sites (N-methyl/N-ethyl adjacent to an activating group) is 1. The molecule has 5 heteroatoms. The maximum atomic E-state index is 13.7. The van der Waals surface area contributed by atoms with Gasteiger partial charge in [-0.3, -0.25) is 10.1 Å². The number of aromatic hydroxyl groups is 1. The Kier molecular flexibility index (Phi) is 3.52. The summed E-state index contributed by atoms with van der Waals surface area (Å²) >= 11 is 0. The van der Waals surface area contributed by atoms with Crippen LogP contribution in [-0.4, -0.2) is 35.5 Å². The first-order valence-corrected chi connectivity index (χ1v) is 5.98. The average molecular weight is 252 g/mol. The predicted octanol–water partition coefficient (Wildman–Crippen LogP) is 1.41. The van der Waals surface area contributed by atoms with E-state index in [1.807, 2.05) is 0 Å². The monoisotopic (exact) mass is 252 g/mol. The van der Waals surface area contributed by atoms with Gasteiger partial charge in [-0.15, -0.1) is 0 Å². The number of carbonyl (C=O) groups is 1. The van der Waals surface area contributed by atoms with Gasteiger partial charge in [-0.1, -0.05) is 6.07 Å². The molecule has 1 fully saturated rings. The molecule has 1 amide bonds. The number of nitrogens with zero attached hydrogens (tertiary/aromatic N) is 1. The lowest BCUT2D eigenvalue weighted by Crippen LogP contribution is -2.38. The molecule has 0 saturated carbocycles. The molecule has 2 unspecified atom stereocenters. The Morgan fingerprint density at radius 2 is 2.28 bits per heavy atom. The molecule has 1 saturated heterocycles. The summed E-state index contributed by atoms with van der Waals surface area (Å²) < 4.78 is 13.7. The Morgan fingerprint density at radius 3 is 2.83 bits per heavy atom. The average Bonchev–Trinajstić information content (AvgIpc) is 2.61. The van der Waals surface area contributed by atoms with Gasteiger partial charge in [-0.05, 0) is 19.4 Å². The molecule has 0 bridgehead atoms. The highest BCUT2D eigenvalue weighted by molar-refractivity contribution is 5.83. The molecule has 0 radical (unpaired) electrons. The third-order valence-corrected chi connectivity index (χ3v) is 3.33. The van der Waals surface area contributed by atoms with Crippen molar-refractivity contribution in [1.29, 1.82) is 0 Å². The second-order valence-corrected chi connectivity index (χ2v) is 4.70. The lowest BCUT2D eigenvalue weighted by atomic mass is 10.1. The molecule has 1 heterocycles. The van der Waals surface area contributed by atoms with Crippen molar-refractivity contribution in [1.82, 2.24) is 10.2 Å². The number of amides is 1. The Morgan fingerprint density at radius 1 is 1.56 bits per heavy atom. The fourth-order valence-corrected chi connectivity index (χ4v) is 2.24. The van der Waals surface area contributed by atoms with Crippen LogP contribution in [0, 0.1) is 5.82 Å². The van der Waals surface area contributed by atoms with E-state index >= 15 is 0 Å². The number of hydrogen-bond donors (Lipinski definition) is 2. The Bertz CT molecular complexity index is 464. The molecule has 18 heavy (non-hydrogen) atoms. The Hall–Kier alpha value is -1.62. The fourth-order valence-electron chi connectivity index (χ4n) is 2.24. The molecule has 1 aliphatic heterocycles. The van der Waals surface area contributed by atoms with Gasteiger partial charge >= 0.3 is 0 Å². The van der Waals surface area contributed by atoms with Gasteiger partial charge in [-0.25, -0.2) is 4.39 Å². The van der Waals surface area contributed by atoms with Crippen LogP contribution < -0.4 is 5.32 Å². The van der Waals surface area contributed by atoms with Crippen molar-refractivity contribution in [2.24, 2.45) is 0 Å². The number of carbonyl (C=O) groups excluding carboxylic acids is 1. The summed E-state index contributed by atoms with van der Waals surface area (Å²) in [5.74, 6) is -0.519.